The number of rotatable bonds is 8. The van der Waals surface area contributed by atoms with E-state index in [-0.39, 0.29) is 47.8 Å². The third-order valence-corrected chi connectivity index (χ3v) is 4.67. The van der Waals surface area contributed by atoms with Crippen LogP contribution in [0.4, 0.5) is 0 Å². The maximum atomic E-state index is 12.2. The van der Waals surface area contributed by atoms with Crippen molar-refractivity contribution in [3.63, 3.8) is 0 Å². The summed E-state index contributed by atoms with van der Waals surface area (Å²) < 4.78 is 20.3. The lowest BCUT2D eigenvalue weighted by atomic mass is 9.85. The van der Waals surface area contributed by atoms with Crippen LogP contribution in [0.1, 0.15) is 38.5 Å². The number of carbonyl (C=O) groups is 4. The van der Waals surface area contributed by atoms with Crippen molar-refractivity contribution >= 4 is 24.9 Å². The van der Waals surface area contributed by atoms with Crippen LogP contribution in [0.3, 0.4) is 0 Å². The summed E-state index contributed by atoms with van der Waals surface area (Å²) in [5.41, 5.74) is 0. The van der Waals surface area contributed by atoms with Gasteiger partial charge in [0, 0.05) is 0 Å². The molecule has 0 heterocycles. The van der Waals surface area contributed by atoms with E-state index in [4.69, 9.17) is 18.9 Å². The highest BCUT2D eigenvalue weighted by molar-refractivity contribution is 5.82. The Kier molecular flexibility index (Phi) is 5.50. The topological polar surface area (TPSA) is 105 Å². The Bertz CT molecular complexity index is 718. The van der Waals surface area contributed by atoms with Crippen molar-refractivity contribution in [1.29, 1.82) is 0 Å². The lowest BCUT2D eigenvalue weighted by Gasteiger charge is -2.25. The summed E-state index contributed by atoms with van der Waals surface area (Å²) in [7, 11) is 0. The zero-order valence-corrected chi connectivity index (χ0v) is 14.0. The Labute approximate surface area is 149 Å². The van der Waals surface area contributed by atoms with Crippen LogP contribution >= 0.6 is 0 Å². The molecule has 0 aliphatic heterocycles. The van der Waals surface area contributed by atoms with Crippen molar-refractivity contribution < 1.29 is 38.1 Å². The average Bonchev–Trinajstić information content (AvgIpc) is 2.49. The predicted molar refractivity (Wildman–Crippen MR) is 85.8 cm³/mol. The zero-order chi connectivity index (χ0) is 18.5. The first-order chi connectivity index (χ1) is 12.6. The fraction of sp³-hybridized carbons (Fsp3) is 0.444. The van der Waals surface area contributed by atoms with Crippen LogP contribution in [-0.2, 0) is 19.2 Å². The first kappa shape index (κ1) is 17.9. The molecular formula is C18H18O8. The third-order valence-electron chi connectivity index (χ3n) is 4.67. The summed E-state index contributed by atoms with van der Waals surface area (Å²) in [5.74, 6) is -2.16. The number of carbonyl (C=O) groups excluding carboxylic acids is 4. The van der Waals surface area contributed by atoms with Crippen molar-refractivity contribution in [3.05, 3.63) is 12.1 Å². The predicted octanol–water partition coefficient (Wildman–Crippen LogP) is 2.17. The van der Waals surface area contributed by atoms with Gasteiger partial charge in [0.25, 0.3) is 12.9 Å². The molecule has 3 rings (SSSR count). The van der Waals surface area contributed by atoms with Gasteiger partial charge in [-0.05, 0) is 37.8 Å². The molecule has 138 valence electrons. The quantitative estimate of drug-likeness (QED) is 0.394. The van der Waals surface area contributed by atoms with Crippen molar-refractivity contribution in [2.75, 3.05) is 0 Å². The molecule has 0 unspecified atom stereocenters. The SMILES string of the molecule is O=COc1ccc(OC(=O)C2CCC2)c(OC(=O)C2CCC2)c1OC=O. The van der Waals surface area contributed by atoms with Gasteiger partial charge < -0.3 is 18.9 Å². The molecule has 0 atom stereocenters. The molecule has 2 aliphatic carbocycles. The van der Waals surface area contributed by atoms with Crippen LogP contribution in [0.25, 0.3) is 0 Å². The molecule has 0 amide bonds. The molecular weight excluding hydrogens is 344 g/mol. The summed E-state index contributed by atoms with van der Waals surface area (Å²) in [6.45, 7) is 0.246. The first-order valence-corrected chi connectivity index (χ1v) is 8.45. The summed E-state index contributed by atoms with van der Waals surface area (Å²) in [4.78, 5) is 45.9. The summed E-state index contributed by atoms with van der Waals surface area (Å²) >= 11 is 0. The molecule has 1 aromatic rings. The highest BCUT2D eigenvalue weighted by Gasteiger charge is 2.32. The van der Waals surface area contributed by atoms with E-state index >= 15 is 0 Å². The Hall–Kier alpha value is -2.90. The maximum Gasteiger partial charge on any atom is 0.314 e. The number of hydrogen-bond donors (Lipinski definition) is 0. The third kappa shape index (κ3) is 3.68. The molecule has 0 bridgehead atoms. The first-order valence-electron chi connectivity index (χ1n) is 8.45. The van der Waals surface area contributed by atoms with Crippen LogP contribution in [0.15, 0.2) is 12.1 Å². The van der Waals surface area contributed by atoms with Crippen molar-refractivity contribution in [3.8, 4) is 23.0 Å². The van der Waals surface area contributed by atoms with Gasteiger partial charge in [0.15, 0.2) is 11.5 Å². The van der Waals surface area contributed by atoms with Crippen LogP contribution < -0.4 is 18.9 Å². The molecule has 2 aliphatic rings. The molecule has 2 fully saturated rings. The monoisotopic (exact) mass is 362 g/mol. The standard InChI is InChI=1S/C18H18O8/c19-9-23-13-7-8-14(25-17(21)11-3-1-4-11)16(15(13)24-10-20)26-18(22)12-5-2-6-12/h7-12H,1-6H2. The minimum Gasteiger partial charge on any atom is -0.425 e. The van der Waals surface area contributed by atoms with Gasteiger partial charge in [0.1, 0.15) is 0 Å². The molecule has 0 saturated heterocycles. The van der Waals surface area contributed by atoms with Gasteiger partial charge in [-0.15, -0.1) is 0 Å². The smallest absolute Gasteiger partial charge is 0.314 e. The molecule has 8 heteroatoms. The Morgan fingerprint density at radius 3 is 1.81 bits per heavy atom. The lowest BCUT2D eigenvalue weighted by Crippen LogP contribution is -2.28. The van der Waals surface area contributed by atoms with Gasteiger partial charge in [-0.3, -0.25) is 19.2 Å². The van der Waals surface area contributed by atoms with Crippen LogP contribution in [0, 0.1) is 11.8 Å². The number of ether oxygens (including phenoxy) is 4. The van der Waals surface area contributed by atoms with Crippen LogP contribution in [0.5, 0.6) is 23.0 Å². The van der Waals surface area contributed by atoms with E-state index in [1.165, 1.54) is 12.1 Å². The molecule has 1 aromatic carbocycles. The van der Waals surface area contributed by atoms with Crippen LogP contribution in [0.2, 0.25) is 0 Å². The fourth-order valence-corrected chi connectivity index (χ4v) is 2.67. The summed E-state index contributed by atoms with van der Waals surface area (Å²) in [6.07, 6.45) is 4.75. The van der Waals surface area contributed by atoms with E-state index in [1.54, 1.807) is 0 Å². The number of hydrogen-bond acceptors (Lipinski definition) is 8. The second-order valence-corrected chi connectivity index (χ2v) is 6.25. The Balaban J connectivity index is 1.92. The number of esters is 2. The van der Waals surface area contributed by atoms with E-state index in [0.717, 1.165) is 25.7 Å². The van der Waals surface area contributed by atoms with Crippen molar-refractivity contribution in [1.82, 2.24) is 0 Å². The van der Waals surface area contributed by atoms with Crippen LogP contribution in [-0.4, -0.2) is 24.9 Å². The summed E-state index contributed by atoms with van der Waals surface area (Å²) in [6, 6.07) is 2.62. The minimum absolute atomic E-state index is 0.0651. The largest absolute Gasteiger partial charge is 0.425 e. The highest BCUT2D eigenvalue weighted by Crippen LogP contribution is 2.46. The Morgan fingerprint density at radius 2 is 1.31 bits per heavy atom. The molecule has 2 saturated carbocycles. The molecule has 0 N–H and O–H groups in total. The highest BCUT2D eigenvalue weighted by atomic mass is 16.6. The molecule has 0 radical (unpaired) electrons. The normalized spacial score (nSPS) is 16.6. The van der Waals surface area contributed by atoms with E-state index in [9.17, 15) is 19.2 Å². The molecule has 26 heavy (non-hydrogen) atoms. The lowest BCUT2D eigenvalue weighted by molar-refractivity contribution is -0.144. The zero-order valence-electron chi connectivity index (χ0n) is 14.0. The van der Waals surface area contributed by atoms with Gasteiger partial charge in [-0.1, -0.05) is 12.8 Å². The van der Waals surface area contributed by atoms with Gasteiger partial charge in [-0.25, -0.2) is 0 Å². The minimum atomic E-state index is -0.517. The van der Waals surface area contributed by atoms with Crippen molar-refractivity contribution in [2.24, 2.45) is 11.8 Å². The van der Waals surface area contributed by atoms with Gasteiger partial charge >= 0.3 is 11.9 Å². The second kappa shape index (κ2) is 7.99. The van der Waals surface area contributed by atoms with Crippen molar-refractivity contribution in [2.45, 2.75) is 38.5 Å². The van der Waals surface area contributed by atoms with E-state index in [0.29, 0.717) is 12.8 Å². The summed E-state index contributed by atoms with van der Waals surface area (Å²) in [5, 5.41) is 0. The van der Waals surface area contributed by atoms with E-state index in [2.05, 4.69) is 0 Å². The van der Waals surface area contributed by atoms with E-state index in [1.807, 2.05) is 0 Å². The van der Waals surface area contributed by atoms with E-state index < -0.39 is 11.9 Å². The number of benzene rings is 1. The Morgan fingerprint density at radius 1 is 0.769 bits per heavy atom. The van der Waals surface area contributed by atoms with Gasteiger partial charge in [0.05, 0.1) is 11.8 Å². The second-order valence-electron chi connectivity index (χ2n) is 6.25. The fourth-order valence-electron chi connectivity index (χ4n) is 2.67. The van der Waals surface area contributed by atoms with Gasteiger partial charge in [-0.2, -0.15) is 0 Å². The van der Waals surface area contributed by atoms with Gasteiger partial charge in [0.2, 0.25) is 11.5 Å². The molecule has 0 aromatic heterocycles. The maximum absolute atomic E-state index is 12.2. The molecule has 0 spiro atoms. The molecule has 8 nitrogen and oxygen atoms in total. The average molecular weight is 362 g/mol.